The Bertz CT molecular complexity index is 742. The Hall–Kier alpha value is -1.66. The van der Waals surface area contributed by atoms with Crippen molar-refractivity contribution in [2.75, 3.05) is 7.11 Å². The van der Waals surface area contributed by atoms with Crippen LogP contribution in [-0.4, -0.2) is 26.2 Å². The first kappa shape index (κ1) is 16.7. The second kappa shape index (κ2) is 5.52. The number of hydrogen-bond acceptors (Lipinski definition) is 4. The highest BCUT2D eigenvalue weighted by Gasteiger charge is 2.39. The van der Waals surface area contributed by atoms with Gasteiger partial charge in [0, 0.05) is 0 Å². The van der Waals surface area contributed by atoms with E-state index in [0.29, 0.717) is 5.57 Å². The maximum Gasteiger partial charge on any atom is 0.336 e. The van der Waals surface area contributed by atoms with Gasteiger partial charge in [-0.05, 0) is 44.4 Å². The minimum Gasteiger partial charge on any atom is -0.466 e. The Morgan fingerprint density at radius 2 is 1.82 bits per heavy atom. The van der Waals surface area contributed by atoms with Crippen molar-refractivity contribution in [3.05, 3.63) is 41.0 Å². The van der Waals surface area contributed by atoms with E-state index in [0.717, 1.165) is 16.7 Å². The molecule has 1 aromatic rings. The highest BCUT2D eigenvalue weighted by Crippen LogP contribution is 2.41. The van der Waals surface area contributed by atoms with Crippen LogP contribution in [0.3, 0.4) is 0 Å². The summed E-state index contributed by atoms with van der Waals surface area (Å²) in [6.45, 7) is 6.65. The molecule has 0 bridgehead atoms. The first-order valence-electron chi connectivity index (χ1n) is 7.00. The van der Waals surface area contributed by atoms with E-state index in [2.05, 4.69) is 4.72 Å². The van der Waals surface area contributed by atoms with Crippen LogP contribution in [0.25, 0.3) is 5.57 Å². The molecule has 1 aliphatic rings. The average Bonchev–Trinajstić information content (AvgIpc) is 2.70. The first-order chi connectivity index (χ1) is 10.1. The average molecular weight is 323 g/mol. The van der Waals surface area contributed by atoms with Gasteiger partial charge in [0.25, 0.3) is 0 Å². The fourth-order valence-electron chi connectivity index (χ4n) is 2.44. The minimum absolute atomic E-state index is 0.344. The molecule has 120 valence electrons. The number of esters is 1. The lowest BCUT2D eigenvalue weighted by Gasteiger charge is -2.24. The van der Waals surface area contributed by atoms with Gasteiger partial charge in [-0.3, -0.25) is 0 Å². The van der Waals surface area contributed by atoms with Crippen molar-refractivity contribution < 1.29 is 17.9 Å². The van der Waals surface area contributed by atoms with E-state index < -0.39 is 26.8 Å². The number of carbonyl (C=O) groups is 1. The van der Waals surface area contributed by atoms with Crippen LogP contribution < -0.4 is 4.72 Å². The van der Waals surface area contributed by atoms with Crippen LogP contribution in [0.2, 0.25) is 0 Å². The normalized spacial score (nSPS) is 18.3. The molecule has 1 aliphatic carbocycles. The molecule has 0 aliphatic heterocycles. The fourth-order valence-corrected chi connectivity index (χ4v) is 3.35. The molecular weight excluding hydrogens is 302 g/mol. The summed E-state index contributed by atoms with van der Waals surface area (Å²) in [5, 5.41) is 0. The molecule has 0 fully saturated rings. The van der Waals surface area contributed by atoms with Crippen LogP contribution in [-0.2, 0) is 19.6 Å². The van der Waals surface area contributed by atoms with Crippen LogP contribution in [0.5, 0.6) is 0 Å². The molecule has 1 atom stereocenters. The number of ether oxygens (including phenoxy) is 1. The summed E-state index contributed by atoms with van der Waals surface area (Å²) in [5.41, 5.74) is 2.72. The number of allylic oxidation sites excluding steroid dienone is 1. The number of sulfonamides is 1. The number of benzene rings is 1. The van der Waals surface area contributed by atoms with Crippen molar-refractivity contribution in [1.82, 2.24) is 4.72 Å². The maximum absolute atomic E-state index is 12.5. The lowest BCUT2D eigenvalue weighted by atomic mass is 10.1. The van der Waals surface area contributed by atoms with Crippen molar-refractivity contribution in [1.29, 1.82) is 0 Å². The van der Waals surface area contributed by atoms with Crippen molar-refractivity contribution in [2.45, 2.75) is 38.5 Å². The van der Waals surface area contributed by atoms with E-state index in [9.17, 15) is 13.2 Å². The Kier molecular flexibility index (Phi) is 4.19. The molecule has 0 heterocycles. The summed E-state index contributed by atoms with van der Waals surface area (Å²) < 4.78 is 31.5. The Morgan fingerprint density at radius 1 is 1.23 bits per heavy atom. The van der Waals surface area contributed by atoms with Crippen LogP contribution in [0, 0.1) is 0 Å². The summed E-state index contributed by atoms with van der Waals surface area (Å²) in [7, 11) is -2.32. The molecular formula is C16H21NO4S. The SMILES string of the molecule is COC(=O)C1=C(C)c2ccccc2C1NS(=O)(=O)C(C)(C)C. The van der Waals surface area contributed by atoms with E-state index in [1.807, 2.05) is 24.3 Å². The summed E-state index contributed by atoms with van der Waals surface area (Å²) in [5.74, 6) is -0.518. The summed E-state index contributed by atoms with van der Waals surface area (Å²) in [4.78, 5) is 12.1. The van der Waals surface area contributed by atoms with E-state index in [-0.39, 0.29) is 0 Å². The highest BCUT2D eigenvalue weighted by atomic mass is 32.2. The molecule has 6 heteroatoms. The second-order valence-electron chi connectivity index (χ2n) is 6.28. The summed E-state index contributed by atoms with van der Waals surface area (Å²) >= 11 is 0. The van der Waals surface area contributed by atoms with Crippen LogP contribution in [0.15, 0.2) is 29.8 Å². The molecule has 0 saturated carbocycles. The zero-order valence-corrected chi connectivity index (χ0v) is 14.2. The number of fused-ring (bicyclic) bond motifs is 1. The van der Waals surface area contributed by atoms with Gasteiger partial charge < -0.3 is 4.74 Å². The number of rotatable bonds is 3. The molecule has 0 aromatic heterocycles. The predicted octanol–water partition coefficient (Wildman–Crippen LogP) is 2.41. The summed E-state index contributed by atoms with van der Waals surface area (Å²) in [6.07, 6.45) is 0. The molecule has 0 radical (unpaired) electrons. The maximum atomic E-state index is 12.5. The lowest BCUT2D eigenvalue weighted by Crippen LogP contribution is -2.42. The van der Waals surface area contributed by atoms with Crippen molar-refractivity contribution in [2.24, 2.45) is 0 Å². The van der Waals surface area contributed by atoms with Gasteiger partial charge in [-0.15, -0.1) is 0 Å². The second-order valence-corrected chi connectivity index (χ2v) is 8.75. The third-order valence-electron chi connectivity index (χ3n) is 3.85. The third-order valence-corrected chi connectivity index (χ3v) is 6.01. The van der Waals surface area contributed by atoms with Crippen molar-refractivity contribution in [3.8, 4) is 0 Å². The van der Waals surface area contributed by atoms with Crippen LogP contribution >= 0.6 is 0 Å². The zero-order valence-electron chi connectivity index (χ0n) is 13.4. The number of carbonyl (C=O) groups excluding carboxylic acids is 1. The van der Waals surface area contributed by atoms with Gasteiger partial charge in [0.15, 0.2) is 0 Å². The van der Waals surface area contributed by atoms with E-state index in [4.69, 9.17) is 4.74 Å². The van der Waals surface area contributed by atoms with E-state index in [1.54, 1.807) is 27.7 Å². The van der Waals surface area contributed by atoms with Gasteiger partial charge in [0.1, 0.15) is 0 Å². The Morgan fingerprint density at radius 3 is 2.36 bits per heavy atom. The van der Waals surface area contributed by atoms with Gasteiger partial charge in [0.05, 0.1) is 23.5 Å². The quantitative estimate of drug-likeness (QED) is 0.867. The molecule has 22 heavy (non-hydrogen) atoms. The number of methoxy groups -OCH3 is 1. The molecule has 5 nitrogen and oxygen atoms in total. The first-order valence-corrected chi connectivity index (χ1v) is 8.48. The molecule has 0 spiro atoms. The molecule has 0 amide bonds. The smallest absolute Gasteiger partial charge is 0.336 e. The predicted molar refractivity (Wildman–Crippen MR) is 85.6 cm³/mol. The van der Waals surface area contributed by atoms with Crippen LogP contribution in [0.4, 0.5) is 0 Å². The van der Waals surface area contributed by atoms with Crippen molar-refractivity contribution >= 4 is 21.6 Å². The monoisotopic (exact) mass is 323 g/mol. The van der Waals surface area contributed by atoms with Crippen molar-refractivity contribution in [3.63, 3.8) is 0 Å². The molecule has 1 N–H and O–H groups in total. The minimum atomic E-state index is -3.61. The summed E-state index contributed by atoms with van der Waals surface area (Å²) in [6, 6.07) is 6.67. The van der Waals surface area contributed by atoms with E-state index >= 15 is 0 Å². The largest absolute Gasteiger partial charge is 0.466 e. The highest BCUT2D eigenvalue weighted by molar-refractivity contribution is 7.90. The van der Waals surface area contributed by atoms with Gasteiger partial charge in [-0.25, -0.2) is 17.9 Å². The van der Waals surface area contributed by atoms with Crippen LogP contribution in [0.1, 0.15) is 44.9 Å². The van der Waals surface area contributed by atoms with E-state index in [1.165, 1.54) is 7.11 Å². The lowest BCUT2D eigenvalue weighted by molar-refractivity contribution is -0.136. The third kappa shape index (κ3) is 2.68. The Labute approximate surface area is 131 Å². The molecule has 0 saturated heterocycles. The zero-order chi connectivity index (χ0) is 16.7. The fraction of sp³-hybridized carbons (Fsp3) is 0.438. The van der Waals surface area contributed by atoms with Gasteiger partial charge in [-0.1, -0.05) is 24.3 Å². The topological polar surface area (TPSA) is 72.5 Å². The van der Waals surface area contributed by atoms with Gasteiger partial charge >= 0.3 is 5.97 Å². The molecule has 2 rings (SSSR count). The number of nitrogens with one attached hydrogen (secondary N) is 1. The Balaban J connectivity index is 2.55. The van der Waals surface area contributed by atoms with Gasteiger partial charge in [-0.2, -0.15) is 0 Å². The molecule has 1 aromatic carbocycles. The number of hydrogen-bond donors (Lipinski definition) is 1. The van der Waals surface area contributed by atoms with Gasteiger partial charge in [0.2, 0.25) is 10.0 Å². The standard InChI is InChI=1S/C16H21NO4S/c1-10-11-8-6-7-9-12(11)14(13(10)15(18)21-5)17-22(19,20)16(2,3)4/h6-9,14,17H,1-5H3. The molecule has 1 unspecified atom stereocenters.